The van der Waals surface area contributed by atoms with Crippen molar-refractivity contribution in [1.29, 1.82) is 0 Å². The molecule has 1 aliphatic rings. The molecule has 0 bridgehead atoms. The molecule has 0 saturated carbocycles. The van der Waals surface area contributed by atoms with Crippen LogP contribution in [-0.2, 0) is 9.53 Å². The number of ether oxygens (including phenoxy) is 1. The van der Waals surface area contributed by atoms with Gasteiger partial charge in [-0.15, -0.1) is 0 Å². The predicted molar refractivity (Wildman–Crippen MR) is 35.8 cm³/mol. The van der Waals surface area contributed by atoms with Crippen molar-refractivity contribution in [3.8, 4) is 0 Å². The number of hydrogen-bond acceptors (Lipinski definition) is 4. The molecule has 1 rings (SSSR count). The third-order valence-electron chi connectivity index (χ3n) is 1.67. The van der Waals surface area contributed by atoms with Gasteiger partial charge in [0.2, 0.25) is 6.54 Å². The Labute approximate surface area is 63.5 Å². The summed E-state index contributed by atoms with van der Waals surface area (Å²) in [6.45, 7) is 1.63. The summed E-state index contributed by atoms with van der Waals surface area (Å²) >= 11 is 0. The van der Waals surface area contributed by atoms with Gasteiger partial charge < -0.3 is 4.74 Å². The van der Waals surface area contributed by atoms with E-state index in [4.69, 9.17) is 4.74 Å². The fourth-order valence-corrected chi connectivity index (χ4v) is 1.02. The van der Waals surface area contributed by atoms with Crippen molar-refractivity contribution in [2.45, 2.75) is 13.0 Å². The van der Waals surface area contributed by atoms with Crippen LogP contribution in [0.1, 0.15) is 6.92 Å². The molecule has 1 fully saturated rings. The van der Waals surface area contributed by atoms with Crippen LogP contribution in [0.5, 0.6) is 0 Å². The Balaban J connectivity index is 2.49. The van der Waals surface area contributed by atoms with E-state index in [0.717, 1.165) is 0 Å². The van der Waals surface area contributed by atoms with Crippen LogP contribution >= 0.6 is 0 Å². The van der Waals surface area contributed by atoms with E-state index >= 15 is 0 Å². The molecule has 62 valence electrons. The summed E-state index contributed by atoms with van der Waals surface area (Å²) in [5, 5.41) is 9.98. The Hall–Kier alpha value is -0.970. The molecule has 2 atom stereocenters. The minimum absolute atomic E-state index is 0.151. The maximum Gasteiger partial charge on any atom is 0.236 e. The van der Waals surface area contributed by atoms with Crippen molar-refractivity contribution in [1.82, 2.24) is 0 Å². The topological polar surface area (TPSA) is 69.4 Å². The molecule has 0 aromatic heterocycles. The van der Waals surface area contributed by atoms with Gasteiger partial charge in [-0.3, -0.25) is 14.9 Å². The summed E-state index contributed by atoms with van der Waals surface area (Å²) in [6, 6.07) is 0. The zero-order chi connectivity index (χ0) is 8.43. The summed E-state index contributed by atoms with van der Waals surface area (Å²) < 4.78 is 4.90. The van der Waals surface area contributed by atoms with Gasteiger partial charge in [-0.1, -0.05) is 6.92 Å². The maximum atomic E-state index is 11.0. The Morgan fingerprint density at radius 1 is 1.82 bits per heavy atom. The summed E-state index contributed by atoms with van der Waals surface area (Å²) in [4.78, 5) is 20.5. The van der Waals surface area contributed by atoms with Gasteiger partial charge in [-0.25, -0.2) is 0 Å². The van der Waals surface area contributed by atoms with Crippen molar-refractivity contribution in [2.75, 3.05) is 13.2 Å². The lowest BCUT2D eigenvalue weighted by Crippen LogP contribution is -2.27. The lowest BCUT2D eigenvalue weighted by Gasteiger charge is -2.00. The number of carbonyl (C=O) groups excluding carboxylic acids is 1. The standard InChI is InChI=1S/C6H9NO4/c1-4-3-11-5(6(4)8)2-7(9)10/h4-5H,2-3H2,1H3. The number of rotatable bonds is 2. The summed E-state index contributed by atoms with van der Waals surface area (Å²) in [6.07, 6.45) is -0.806. The van der Waals surface area contributed by atoms with Gasteiger partial charge in [-0.2, -0.15) is 0 Å². The summed E-state index contributed by atoms with van der Waals surface area (Å²) in [5.41, 5.74) is 0. The average Bonchev–Trinajstić information content (AvgIpc) is 2.18. The highest BCUT2D eigenvalue weighted by molar-refractivity contribution is 5.86. The Morgan fingerprint density at radius 3 is 2.82 bits per heavy atom. The predicted octanol–water partition coefficient (Wildman–Crippen LogP) is -0.133. The lowest BCUT2D eigenvalue weighted by atomic mass is 10.1. The van der Waals surface area contributed by atoms with Gasteiger partial charge in [0, 0.05) is 10.8 Å². The first kappa shape index (κ1) is 8.13. The highest BCUT2D eigenvalue weighted by Crippen LogP contribution is 2.14. The van der Waals surface area contributed by atoms with Crippen LogP contribution in [0.15, 0.2) is 0 Å². The number of carbonyl (C=O) groups is 1. The van der Waals surface area contributed by atoms with Gasteiger partial charge in [0.15, 0.2) is 11.9 Å². The van der Waals surface area contributed by atoms with Crippen LogP contribution < -0.4 is 0 Å². The fourth-order valence-electron chi connectivity index (χ4n) is 1.02. The first-order valence-corrected chi connectivity index (χ1v) is 3.38. The van der Waals surface area contributed by atoms with Gasteiger partial charge >= 0.3 is 0 Å². The molecule has 0 aromatic rings. The molecule has 11 heavy (non-hydrogen) atoms. The minimum Gasteiger partial charge on any atom is -0.363 e. The van der Waals surface area contributed by atoms with E-state index in [1.54, 1.807) is 6.92 Å². The summed E-state index contributed by atoms with van der Waals surface area (Å²) in [7, 11) is 0. The molecule has 0 N–H and O–H groups in total. The number of Topliss-reactive ketones (excluding diaryl/α,β-unsaturated/α-hetero) is 1. The quantitative estimate of drug-likeness (QED) is 0.415. The number of nitrogens with zero attached hydrogens (tertiary/aromatic N) is 1. The highest BCUT2D eigenvalue weighted by atomic mass is 16.6. The third-order valence-corrected chi connectivity index (χ3v) is 1.67. The zero-order valence-corrected chi connectivity index (χ0v) is 6.15. The van der Waals surface area contributed by atoms with Gasteiger partial charge in [0.1, 0.15) is 0 Å². The van der Waals surface area contributed by atoms with Crippen molar-refractivity contribution in [3.63, 3.8) is 0 Å². The molecule has 0 spiro atoms. The zero-order valence-electron chi connectivity index (χ0n) is 6.15. The second kappa shape index (κ2) is 2.96. The fraction of sp³-hybridized carbons (Fsp3) is 0.833. The van der Waals surface area contributed by atoms with E-state index < -0.39 is 17.6 Å². The van der Waals surface area contributed by atoms with E-state index in [2.05, 4.69) is 0 Å². The number of nitro groups is 1. The molecule has 2 unspecified atom stereocenters. The van der Waals surface area contributed by atoms with Crippen LogP contribution in [0.4, 0.5) is 0 Å². The van der Waals surface area contributed by atoms with Crippen LogP contribution in [0, 0.1) is 16.0 Å². The van der Waals surface area contributed by atoms with Gasteiger partial charge in [0.05, 0.1) is 6.61 Å². The van der Waals surface area contributed by atoms with Crippen molar-refractivity contribution in [2.24, 2.45) is 5.92 Å². The smallest absolute Gasteiger partial charge is 0.236 e. The molecular formula is C6H9NO4. The van der Waals surface area contributed by atoms with Crippen LogP contribution in [0.2, 0.25) is 0 Å². The highest BCUT2D eigenvalue weighted by Gasteiger charge is 2.35. The molecule has 0 aromatic carbocycles. The van der Waals surface area contributed by atoms with Crippen molar-refractivity contribution in [3.05, 3.63) is 10.1 Å². The monoisotopic (exact) mass is 159 g/mol. The molecule has 5 heteroatoms. The van der Waals surface area contributed by atoms with E-state index in [-0.39, 0.29) is 11.7 Å². The first-order valence-electron chi connectivity index (χ1n) is 3.38. The van der Waals surface area contributed by atoms with Gasteiger partial charge in [-0.05, 0) is 0 Å². The molecular weight excluding hydrogens is 150 g/mol. The second-order valence-electron chi connectivity index (χ2n) is 2.64. The Bertz CT molecular complexity index is 191. The van der Waals surface area contributed by atoms with E-state index in [1.807, 2.05) is 0 Å². The largest absolute Gasteiger partial charge is 0.363 e. The molecule has 1 saturated heterocycles. The van der Waals surface area contributed by atoms with Gasteiger partial charge in [0.25, 0.3) is 0 Å². The number of hydrogen-bond donors (Lipinski definition) is 0. The normalized spacial score (nSPS) is 30.8. The Morgan fingerprint density at radius 2 is 2.45 bits per heavy atom. The summed E-state index contributed by atoms with van der Waals surface area (Å²) in [5.74, 6) is -0.332. The van der Waals surface area contributed by atoms with E-state index in [0.29, 0.717) is 6.61 Å². The SMILES string of the molecule is CC1COC(C[N+](=O)[O-])C1=O. The second-order valence-corrected chi connectivity index (χ2v) is 2.64. The molecule has 5 nitrogen and oxygen atoms in total. The molecule has 1 aliphatic heterocycles. The third kappa shape index (κ3) is 1.74. The Kier molecular flexibility index (Phi) is 2.19. The van der Waals surface area contributed by atoms with Crippen LogP contribution in [0.3, 0.4) is 0 Å². The molecule has 0 radical (unpaired) electrons. The average molecular weight is 159 g/mol. The van der Waals surface area contributed by atoms with Crippen LogP contribution in [-0.4, -0.2) is 30.0 Å². The maximum absolute atomic E-state index is 11.0. The number of ketones is 1. The first-order chi connectivity index (χ1) is 5.11. The molecule has 1 heterocycles. The van der Waals surface area contributed by atoms with Crippen molar-refractivity contribution >= 4 is 5.78 Å². The minimum atomic E-state index is -0.806. The van der Waals surface area contributed by atoms with E-state index in [9.17, 15) is 14.9 Å². The molecule has 0 amide bonds. The van der Waals surface area contributed by atoms with Crippen molar-refractivity contribution < 1.29 is 14.5 Å². The van der Waals surface area contributed by atoms with E-state index in [1.165, 1.54) is 0 Å². The lowest BCUT2D eigenvalue weighted by molar-refractivity contribution is -0.487. The molecule has 0 aliphatic carbocycles. The van der Waals surface area contributed by atoms with Crippen LogP contribution in [0.25, 0.3) is 0 Å².